The largest absolute Gasteiger partial charge is 0.385 e. The highest BCUT2D eigenvalue weighted by molar-refractivity contribution is 7.89. The average Bonchev–Trinajstić information content (AvgIpc) is 2.74. The number of sulfonamides is 1. The van der Waals surface area contributed by atoms with Crippen molar-refractivity contribution < 1.29 is 13.2 Å². The van der Waals surface area contributed by atoms with E-state index in [2.05, 4.69) is 15.6 Å². The first kappa shape index (κ1) is 17.2. The van der Waals surface area contributed by atoms with Crippen molar-refractivity contribution in [1.82, 2.24) is 14.9 Å². The molecule has 1 fully saturated rings. The molecular weight excluding hydrogens is 280 g/mol. The van der Waals surface area contributed by atoms with Crippen LogP contribution in [0.5, 0.6) is 0 Å². The van der Waals surface area contributed by atoms with E-state index in [1.54, 1.807) is 7.11 Å². The van der Waals surface area contributed by atoms with Gasteiger partial charge >= 0.3 is 0 Å². The molecule has 118 valence electrons. The molecule has 0 aromatic carbocycles. The van der Waals surface area contributed by atoms with Crippen molar-refractivity contribution in [2.75, 3.05) is 52.2 Å². The van der Waals surface area contributed by atoms with E-state index in [1.165, 1.54) is 4.31 Å². The molecule has 1 saturated heterocycles. The molecule has 1 rings (SSSR count). The minimum Gasteiger partial charge on any atom is -0.385 e. The van der Waals surface area contributed by atoms with Crippen molar-refractivity contribution in [3.8, 4) is 0 Å². The molecule has 0 bridgehead atoms. The number of aliphatic imine (C=N–C) groups is 1. The molecule has 1 aliphatic rings. The summed E-state index contributed by atoms with van der Waals surface area (Å²) in [4.78, 5) is 4.40. The van der Waals surface area contributed by atoms with Crippen LogP contribution in [0.2, 0.25) is 0 Å². The molecule has 0 saturated carbocycles. The Kier molecular flexibility index (Phi) is 7.86. The molecule has 0 amide bonds. The Morgan fingerprint density at radius 2 is 2.20 bits per heavy atom. The van der Waals surface area contributed by atoms with Gasteiger partial charge in [-0.2, -0.15) is 0 Å². The maximum Gasteiger partial charge on any atom is 0.214 e. The van der Waals surface area contributed by atoms with Crippen molar-refractivity contribution in [2.24, 2.45) is 4.99 Å². The third-order valence-electron chi connectivity index (χ3n) is 2.98. The summed E-state index contributed by atoms with van der Waals surface area (Å²) in [6, 6.07) is 0. The number of methoxy groups -OCH3 is 1. The van der Waals surface area contributed by atoms with Gasteiger partial charge in [-0.05, 0) is 19.8 Å². The van der Waals surface area contributed by atoms with Gasteiger partial charge in [0.25, 0.3) is 0 Å². The Labute approximate surface area is 121 Å². The van der Waals surface area contributed by atoms with Crippen LogP contribution in [-0.4, -0.2) is 70.9 Å². The van der Waals surface area contributed by atoms with Crippen LogP contribution in [0.15, 0.2) is 4.99 Å². The normalized spacial score (nSPS) is 19.2. The van der Waals surface area contributed by atoms with Crippen molar-refractivity contribution in [1.29, 1.82) is 0 Å². The van der Waals surface area contributed by atoms with E-state index in [0.29, 0.717) is 32.8 Å². The lowest BCUT2D eigenvalue weighted by atomic mass is 10.4. The third kappa shape index (κ3) is 6.06. The first-order chi connectivity index (χ1) is 9.60. The van der Waals surface area contributed by atoms with Gasteiger partial charge in [0.1, 0.15) is 0 Å². The van der Waals surface area contributed by atoms with Crippen LogP contribution < -0.4 is 10.6 Å². The SMILES string of the molecule is CCNC(=NCCCOC)NCCN1CCCS1(=O)=O. The average molecular weight is 306 g/mol. The summed E-state index contributed by atoms with van der Waals surface area (Å²) < 4.78 is 29.8. The van der Waals surface area contributed by atoms with Gasteiger partial charge in [0.2, 0.25) is 10.0 Å². The number of rotatable bonds is 8. The molecule has 1 aliphatic heterocycles. The van der Waals surface area contributed by atoms with E-state index in [4.69, 9.17) is 4.74 Å². The Bertz CT molecular complexity index is 398. The van der Waals surface area contributed by atoms with Crippen LogP contribution >= 0.6 is 0 Å². The standard InChI is InChI=1S/C12H26N4O3S/c1-3-13-12(14-6-4-10-19-2)15-7-9-16-8-5-11-20(16,17)18/h3-11H2,1-2H3,(H2,13,14,15). The van der Waals surface area contributed by atoms with E-state index in [-0.39, 0.29) is 5.75 Å². The second-order valence-electron chi connectivity index (χ2n) is 4.60. The van der Waals surface area contributed by atoms with Gasteiger partial charge in [-0.15, -0.1) is 0 Å². The summed E-state index contributed by atoms with van der Waals surface area (Å²) in [5.74, 6) is 0.998. The van der Waals surface area contributed by atoms with E-state index >= 15 is 0 Å². The van der Waals surface area contributed by atoms with Crippen LogP contribution in [0.1, 0.15) is 19.8 Å². The highest BCUT2D eigenvalue weighted by atomic mass is 32.2. The van der Waals surface area contributed by atoms with E-state index in [9.17, 15) is 8.42 Å². The van der Waals surface area contributed by atoms with Gasteiger partial charge in [0, 0.05) is 46.4 Å². The van der Waals surface area contributed by atoms with Gasteiger partial charge in [0.05, 0.1) is 5.75 Å². The first-order valence-corrected chi connectivity index (χ1v) is 8.70. The lowest BCUT2D eigenvalue weighted by Crippen LogP contribution is -2.42. The van der Waals surface area contributed by atoms with Crippen LogP contribution in [0.4, 0.5) is 0 Å². The number of nitrogens with zero attached hydrogens (tertiary/aromatic N) is 2. The maximum atomic E-state index is 11.6. The zero-order chi connectivity index (χ0) is 14.8. The monoisotopic (exact) mass is 306 g/mol. The Morgan fingerprint density at radius 3 is 2.80 bits per heavy atom. The third-order valence-corrected chi connectivity index (χ3v) is 4.93. The first-order valence-electron chi connectivity index (χ1n) is 7.09. The molecule has 8 heteroatoms. The fraction of sp³-hybridized carbons (Fsp3) is 0.917. The molecule has 20 heavy (non-hydrogen) atoms. The Hall–Kier alpha value is -0.860. The molecule has 7 nitrogen and oxygen atoms in total. The minimum atomic E-state index is -3.01. The summed E-state index contributed by atoms with van der Waals surface area (Å²) in [6.45, 7) is 5.83. The fourth-order valence-corrected chi connectivity index (χ4v) is 3.51. The summed E-state index contributed by atoms with van der Waals surface area (Å²) in [7, 11) is -1.33. The second-order valence-corrected chi connectivity index (χ2v) is 6.69. The van der Waals surface area contributed by atoms with Gasteiger partial charge < -0.3 is 15.4 Å². The fourth-order valence-electron chi connectivity index (χ4n) is 1.98. The molecule has 1 heterocycles. The molecule has 0 radical (unpaired) electrons. The maximum absolute atomic E-state index is 11.6. The molecule has 0 aliphatic carbocycles. The highest BCUT2D eigenvalue weighted by Crippen LogP contribution is 2.11. The molecule has 2 N–H and O–H groups in total. The number of hydrogen-bond acceptors (Lipinski definition) is 4. The van der Waals surface area contributed by atoms with Crippen LogP contribution in [0.3, 0.4) is 0 Å². The quantitative estimate of drug-likeness (QED) is 0.363. The van der Waals surface area contributed by atoms with Crippen molar-refractivity contribution in [2.45, 2.75) is 19.8 Å². The zero-order valence-corrected chi connectivity index (χ0v) is 13.2. The molecule has 0 aromatic heterocycles. The van der Waals surface area contributed by atoms with Crippen molar-refractivity contribution in [3.63, 3.8) is 0 Å². The summed E-state index contributed by atoms with van der Waals surface area (Å²) in [5, 5.41) is 6.29. The minimum absolute atomic E-state index is 0.276. The van der Waals surface area contributed by atoms with Crippen LogP contribution in [0.25, 0.3) is 0 Å². The number of hydrogen-bond donors (Lipinski definition) is 2. The molecule has 0 atom stereocenters. The smallest absolute Gasteiger partial charge is 0.214 e. The molecular formula is C12H26N4O3S. The number of ether oxygens (including phenoxy) is 1. The van der Waals surface area contributed by atoms with Crippen molar-refractivity contribution in [3.05, 3.63) is 0 Å². The molecule has 0 spiro atoms. The van der Waals surface area contributed by atoms with Crippen molar-refractivity contribution >= 4 is 16.0 Å². The van der Waals surface area contributed by atoms with E-state index in [0.717, 1.165) is 25.3 Å². The zero-order valence-electron chi connectivity index (χ0n) is 12.4. The lowest BCUT2D eigenvalue weighted by Gasteiger charge is -2.16. The highest BCUT2D eigenvalue weighted by Gasteiger charge is 2.27. The predicted molar refractivity (Wildman–Crippen MR) is 80.5 cm³/mol. The van der Waals surface area contributed by atoms with E-state index < -0.39 is 10.0 Å². The second kappa shape index (κ2) is 9.15. The predicted octanol–water partition coefficient (Wildman–Crippen LogP) is -0.386. The van der Waals surface area contributed by atoms with Gasteiger partial charge in [-0.25, -0.2) is 12.7 Å². The number of nitrogens with one attached hydrogen (secondary N) is 2. The van der Waals surface area contributed by atoms with E-state index in [1.807, 2.05) is 6.92 Å². The van der Waals surface area contributed by atoms with Gasteiger partial charge in [-0.1, -0.05) is 0 Å². The van der Waals surface area contributed by atoms with Crippen LogP contribution in [0, 0.1) is 0 Å². The Balaban J connectivity index is 2.31. The summed E-state index contributed by atoms with van der Waals surface area (Å²) >= 11 is 0. The summed E-state index contributed by atoms with van der Waals surface area (Å²) in [6.07, 6.45) is 1.60. The number of guanidine groups is 1. The van der Waals surface area contributed by atoms with Crippen LogP contribution in [-0.2, 0) is 14.8 Å². The molecule has 0 unspecified atom stereocenters. The topological polar surface area (TPSA) is 83.0 Å². The van der Waals surface area contributed by atoms with Gasteiger partial charge in [-0.3, -0.25) is 4.99 Å². The summed E-state index contributed by atoms with van der Waals surface area (Å²) in [5.41, 5.74) is 0. The van der Waals surface area contributed by atoms with Gasteiger partial charge in [0.15, 0.2) is 5.96 Å². The molecule has 0 aromatic rings. The Morgan fingerprint density at radius 1 is 1.40 bits per heavy atom. The lowest BCUT2D eigenvalue weighted by molar-refractivity contribution is 0.197.